The average molecular weight is 322 g/mol. The molecule has 0 heterocycles. The highest BCUT2D eigenvalue weighted by molar-refractivity contribution is 7.84. The number of hydrogen-bond donors (Lipinski definition) is 1. The molecule has 0 radical (unpaired) electrons. The van der Waals surface area contributed by atoms with E-state index in [-0.39, 0.29) is 5.41 Å². The first-order chi connectivity index (χ1) is 9.77. The molecule has 1 atom stereocenters. The maximum Gasteiger partial charge on any atom is 0.0589 e. The Morgan fingerprint density at radius 3 is 2.24 bits per heavy atom. The zero-order valence-corrected chi connectivity index (χ0v) is 14.1. The van der Waals surface area contributed by atoms with E-state index in [9.17, 15) is 4.21 Å². The van der Waals surface area contributed by atoms with Gasteiger partial charge in [-0.3, -0.25) is 4.21 Å². The van der Waals surface area contributed by atoms with Crippen LogP contribution in [0.25, 0.3) is 0 Å². The summed E-state index contributed by atoms with van der Waals surface area (Å²) in [5.74, 6) is 0.452. The van der Waals surface area contributed by atoms with Crippen LogP contribution in [0.3, 0.4) is 0 Å². The van der Waals surface area contributed by atoms with Crippen LogP contribution in [-0.4, -0.2) is 4.21 Å². The molecule has 0 saturated carbocycles. The molecule has 112 valence electrons. The number of hydrogen-bond acceptors (Lipinski definition) is 2. The summed E-state index contributed by atoms with van der Waals surface area (Å²) in [7, 11) is -1.17. The second kappa shape index (κ2) is 6.20. The molecule has 0 amide bonds. The van der Waals surface area contributed by atoms with Gasteiger partial charge in [0.2, 0.25) is 0 Å². The number of anilines is 1. The summed E-state index contributed by atoms with van der Waals surface area (Å²) >= 11 is 6.10. The molecule has 1 unspecified atom stereocenters. The fourth-order valence-electron chi connectivity index (χ4n) is 2.03. The van der Waals surface area contributed by atoms with Crippen molar-refractivity contribution in [3.05, 3.63) is 58.6 Å². The Labute approximate surface area is 133 Å². The lowest BCUT2D eigenvalue weighted by Gasteiger charge is -2.19. The largest absolute Gasteiger partial charge is 0.399 e. The molecule has 2 rings (SSSR count). The first-order valence-electron chi connectivity index (χ1n) is 6.80. The number of nitrogens with two attached hydrogens (primary N) is 1. The van der Waals surface area contributed by atoms with Gasteiger partial charge in [0.05, 0.1) is 26.5 Å². The fraction of sp³-hybridized carbons (Fsp3) is 0.294. The predicted molar refractivity (Wildman–Crippen MR) is 91.1 cm³/mol. The van der Waals surface area contributed by atoms with Gasteiger partial charge in [0, 0.05) is 5.69 Å². The van der Waals surface area contributed by atoms with Gasteiger partial charge in [0.25, 0.3) is 0 Å². The van der Waals surface area contributed by atoms with Crippen LogP contribution in [0.4, 0.5) is 5.69 Å². The van der Waals surface area contributed by atoms with Crippen molar-refractivity contribution in [3.8, 4) is 0 Å². The fourth-order valence-corrected chi connectivity index (χ4v) is 3.63. The number of rotatable bonds is 3. The van der Waals surface area contributed by atoms with E-state index in [1.807, 2.05) is 12.1 Å². The first kappa shape index (κ1) is 16.1. The van der Waals surface area contributed by atoms with Gasteiger partial charge in [-0.05, 0) is 34.7 Å². The summed E-state index contributed by atoms with van der Waals surface area (Å²) in [4.78, 5) is 0.630. The van der Waals surface area contributed by atoms with E-state index < -0.39 is 10.8 Å². The van der Waals surface area contributed by atoms with Crippen LogP contribution in [0.2, 0.25) is 5.02 Å². The SMILES string of the molecule is CC(C)(C)c1ccc(CS(=O)c2ccc(N)cc2Cl)cc1. The van der Waals surface area contributed by atoms with Crippen LogP contribution >= 0.6 is 11.6 Å². The number of benzene rings is 2. The second-order valence-electron chi connectivity index (χ2n) is 6.13. The van der Waals surface area contributed by atoms with Crippen LogP contribution in [0.1, 0.15) is 31.9 Å². The van der Waals surface area contributed by atoms with Gasteiger partial charge < -0.3 is 5.73 Å². The van der Waals surface area contributed by atoms with Crippen molar-refractivity contribution in [1.29, 1.82) is 0 Å². The molecule has 0 aliphatic rings. The van der Waals surface area contributed by atoms with E-state index in [1.54, 1.807) is 18.2 Å². The third kappa shape index (κ3) is 4.08. The Balaban J connectivity index is 2.16. The van der Waals surface area contributed by atoms with E-state index in [4.69, 9.17) is 17.3 Å². The van der Waals surface area contributed by atoms with Gasteiger partial charge in [-0.25, -0.2) is 0 Å². The maximum absolute atomic E-state index is 12.4. The summed E-state index contributed by atoms with van der Waals surface area (Å²) in [6, 6.07) is 13.3. The summed E-state index contributed by atoms with van der Waals surface area (Å²) in [6.45, 7) is 6.52. The molecule has 0 fully saturated rings. The van der Waals surface area contributed by atoms with Crippen LogP contribution in [0.15, 0.2) is 47.4 Å². The molecular weight excluding hydrogens is 302 g/mol. The molecule has 0 aromatic heterocycles. The highest BCUT2D eigenvalue weighted by Crippen LogP contribution is 2.26. The molecule has 21 heavy (non-hydrogen) atoms. The van der Waals surface area contributed by atoms with Crippen LogP contribution in [-0.2, 0) is 22.0 Å². The molecular formula is C17H20ClNOS. The quantitative estimate of drug-likeness (QED) is 0.844. The zero-order chi connectivity index (χ0) is 15.6. The van der Waals surface area contributed by atoms with E-state index in [1.165, 1.54) is 5.56 Å². The van der Waals surface area contributed by atoms with Crippen molar-refractivity contribution in [3.63, 3.8) is 0 Å². The smallest absolute Gasteiger partial charge is 0.0589 e. The minimum atomic E-state index is -1.17. The first-order valence-corrected chi connectivity index (χ1v) is 8.50. The van der Waals surface area contributed by atoms with Gasteiger partial charge in [0.15, 0.2) is 0 Å². The van der Waals surface area contributed by atoms with Crippen molar-refractivity contribution in [2.75, 3.05) is 5.73 Å². The Morgan fingerprint density at radius 2 is 1.71 bits per heavy atom. The van der Waals surface area contributed by atoms with Crippen molar-refractivity contribution < 1.29 is 4.21 Å². The van der Waals surface area contributed by atoms with Crippen molar-refractivity contribution >= 4 is 28.1 Å². The molecule has 0 saturated heterocycles. The molecule has 0 aliphatic carbocycles. The maximum atomic E-state index is 12.4. The third-order valence-electron chi connectivity index (χ3n) is 3.32. The lowest BCUT2D eigenvalue weighted by atomic mass is 9.87. The number of halogens is 1. The van der Waals surface area contributed by atoms with E-state index in [0.717, 1.165) is 5.56 Å². The lowest BCUT2D eigenvalue weighted by molar-refractivity contribution is 0.590. The molecule has 0 aliphatic heterocycles. The Bertz CT molecular complexity index is 659. The van der Waals surface area contributed by atoms with Gasteiger partial charge in [0.1, 0.15) is 0 Å². The summed E-state index contributed by atoms with van der Waals surface area (Å²) in [5, 5.41) is 0.458. The predicted octanol–water partition coefficient (Wildman–Crippen LogP) is 4.53. The van der Waals surface area contributed by atoms with Crippen molar-refractivity contribution in [2.24, 2.45) is 0 Å². The van der Waals surface area contributed by atoms with E-state index in [2.05, 4.69) is 32.9 Å². The van der Waals surface area contributed by atoms with Crippen LogP contribution < -0.4 is 5.73 Å². The van der Waals surface area contributed by atoms with E-state index in [0.29, 0.717) is 21.4 Å². The van der Waals surface area contributed by atoms with Gasteiger partial charge in [-0.2, -0.15) is 0 Å². The van der Waals surface area contributed by atoms with Gasteiger partial charge >= 0.3 is 0 Å². The Kier molecular flexibility index (Phi) is 4.74. The van der Waals surface area contributed by atoms with Crippen molar-refractivity contribution in [1.82, 2.24) is 0 Å². The Hall–Kier alpha value is -1.32. The number of nitrogen functional groups attached to an aromatic ring is 1. The molecule has 0 bridgehead atoms. The molecule has 2 aromatic rings. The van der Waals surface area contributed by atoms with Crippen molar-refractivity contribution in [2.45, 2.75) is 36.8 Å². The molecule has 0 spiro atoms. The van der Waals surface area contributed by atoms with Crippen LogP contribution in [0.5, 0.6) is 0 Å². The molecule has 2 nitrogen and oxygen atoms in total. The standard InChI is InChI=1S/C17H20ClNOS/c1-17(2,3)13-6-4-12(5-7-13)11-21(20)16-9-8-14(19)10-15(16)18/h4-10H,11,19H2,1-3H3. The highest BCUT2D eigenvalue weighted by Gasteiger charge is 2.14. The lowest BCUT2D eigenvalue weighted by Crippen LogP contribution is -2.10. The molecule has 2 aromatic carbocycles. The van der Waals surface area contributed by atoms with Crippen LogP contribution in [0, 0.1) is 0 Å². The normalized spacial score (nSPS) is 13.1. The second-order valence-corrected chi connectivity index (χ2v) is 7.95. The molecule has 2 N–H and O–H groups in total. The van der Waals surface area contributed by atoms with Gasteiger partial charge in [-0.15, -0.1) is 0 Å². The third-order valence-corrected chi connectivity index (χ3v) is 5.19. The van der Waals surface area contributed by atoms with Gasteiger partial charge in [-0.1, -0.05) is 56.6 Å². The molecule has 4 heteroatoms. The highest BCUT2D eigenvalue weighted by atomic mass is 35.5. The minimum absolute atomic E-state index is 0.123. The topological polar surface area (TPSA) is 43.1 Å². The summed E-state index contributed by atoms with van der Waals surface area (Å²) in [6.07, 6.45) is 0. The summed E-state index contributed by atoms with van der Waals surface area (Å²) < 4.78 is 12.4. The monoisotopic (exact) mass is 321 g/mol. The Morgan fingerprint density at radius 1 is 1.10 bits per heavy atom. The average Bonchev–Trinajstić information content (AvgIpc) is 2.38. The van der Waals surface area contributed by atoms with E-state index >= 15 is 0 Å². The minimum Gasteiger partial charge on any atom is -0.399 e. The zero-order valence-electron chi connectivity index (χ0n) is 12.5. The summed E-state index contributed by atoms with van der Waals surface area (Å²) in [5.41, 5.74) is 8.66.